The van der Waals surface area contributed by atoms with Gasteiger partial charge in [0.25, 0.3) is 11.7 Å². The van der Waals surface area contributed by atoms with E-state index >= 15 is 0 Å². The fourth-order valence-corrected chi connectivity index (χ4v) is 4.45. The van der Waals surface area contributed by atoms with E-state index in [1.165, 1.54) is 19.1 Å². The second-order valence-corrected chi connectivity index (χ2v) is 8.25. The Morgan fingerprint density at radius 1 is 1.06 bits per heavy atom. The Hall–Kier alpha value is -4.53. The van der Waals surface area contributed by atoms with Gasteiger partial charge in [0.1, 0.15) is 30.5 Å². The van der Waals surface area contributed by atoms with E-state index in [9.17, 15) is 14.7 Å². The standard InChI is InChI=1S/C27H24N2O7/c1-33-18-6-7-19(21(13-18)34-2)24-23(25(30)17-5-8-20-22(12-17)36-11-10-35-20)26(31)27(32)29(24)15-16-4-3-9-28-14-16/h3-9,12-14,24,30H,10-11,15H2,1-2H3/b25-23+. The maximum Gasteiger partial charge on any atom is 0.295 e. The maximum atomic E-state index is 13.4. The minimum atomic E-state index is -0.917. The van der Waals surface area contributed by atoms with Gasteiger partial charge in [0.15, 0.2) is 11.5 Å². The summed E-state index contributed by atoms with van der Waals surface area (Å²) >= 11 is 0. The molecule has 0 saturated carbocycles. The molecule has 2 aromatic carbocycles. The number of likely N-dealkylation sites (tertiary alicyclic amines) is 1. The molecule has 1 aromatic heterocycles. The Morgan fingerprint density at radius 3 is 2.58 bits per heavy atom. The highest BCUT2D eigenvalue weighted by Crippen LogP contribution is 2.45. The summed E-state index contributed by atoms with van der Waals surface area (Å²) in [6.45, 7) is 0.904. The van der Waals surface area contributed by atoms with Crippen LogP contribution in [0.1, 0.15) is 22.7 Å². The van der Waals surface area contributed by atoms with Crippen LogP contribution in [-0.4, -0.2) is 54.1 Å². The van der Waals surface area contributed by atoms with Gasteiger partial charge in [-0.3, -0.25) is 14.6 Å². The Morgan fingerprint density at radius 2 is 1.86 bits per heavy atom. The van der Waals surface area contributed by atoms with Gasteiger partial charge < -0.3 is 29.0 Å². The number of Topliss-reactive ketones (excluding diaryl/α,β-unsaturated/α-hetero) is 1. The van der Waals surface area contributed by atoms with Gasteiger partial charge in [-0.2, -0.15) is 0 Å². The normalized spacial score (nSPS) is 18.3. The van der Waals surface area contributed by atoms with Crippen LogP contribution in [0.4, 0.5) is 0 Å². The molecule has 1 amide bonds. The predicted octanol–water partition coefficient (Wildman–Crippen LogP) is 3.49. The zero-order chi connectivity index (χ0) is 25.2. The van der Waals surface area contributed by atoms with E-state index in [0.717, 1.165) is 5.56 Å². The molecule has 1 atom stereocenters. The molecule has 1 unspecified atom stereocenters. The number of aliphatic hydroxyl groups excluding tert-OH is 1. The van der Waals surface area contributed by atoms with Gasteiger partial charge in [-0.05, 0) is 42.0 Å². The van der Waals surface area contributed by atoms with Crippen molar-refractivity contribution in [3.63, 3.8) is 0 Å². The molecule has 2 aliphatic heterocycles. The van der Waals surface area contributed by atoms with Crippen molar-refractivity contribution in [3.8, 4) is 23.0 Å². The third kappa shape index (κ3) is 4.08. The third-order valence-electron chi connectivity index (χ3n) is 6.17. The average molecular weight is 488 g/mol. The molecule has 9 heteroatoms. The summed E-state index contributed by atoms with van der Waals surface area (Å²) in [6.07, 6.45) is 3.26. The van der Waals surface area contributed by atoms with E-state index in [0.29, 0.717) is 47.3 Å². The zero-order valence-corrected chi connectivity index (χ0v) is 19.8. The Labute approximate surface area is 207 Å². The lowest BCUT2D eigenvalue weighted by molar-refractivity contribution is -0.140. The number of fused-ring (bicyclic) bond motifs is 1. The van der Waals surface area contributed by atoms with Gasteiger partial charge >= 0.3 is 0 Å². The van der Waals surface area contributed by atoms with Crippen molar-refractivity contribution in [1.29, 1.82) is 0 Å². The molecular weight excluding hydrogens is 464 g/mol. The molecule has 2 aliphatic rings. The van der Waals surface area contributed by atoms with Crippen molar-refractivity contribution >= 4 is 17.4 Å². The number of aliphatic hydroxyl groups is 1. The first-order chi connectivity index (χ1) is 17.5. The largest absolute Gasteiger partial charge is 0.507 e. The highest BCUT2D eigenvalue weighted by Gasteiger charge is 2.47. The second-order valence-electron chi connectivity index (χ2n) is 8.25. The van der Waals surface area contributed by atoms with Crippen LogP contribution in [0.5, 0.6) is 23.0 Å². The van der Waals surface area contributed by atoms with E-state index in [1.54, 1.807) is 54.9 Å². The first-order valence-electron chi connectivity index (χ1n) is 11.3. The maximum absolute atomic E-state index is 13.4. The average Bonchev–Trinajstić information content (AvgIpc) is 3.17. The number of hydrogen-bond donors (Lipinski definition) is 1. The Bertz CT molecular complexity index is 1350. The van der Waals surface area contributed by atoms with Gasteiger partial charge in [-0.1, -0.05) is 6.07 Å². The number of carbonyl (C=O) groups excluding carboxylic acids is 2. The minimum absolute atomic E-state index is 0.0518. The first-order valence-corrected chi connectivity index (χ1v) is 11.3. The van der Waals surface area contributed by atoms with Crippen LogP contribution in [-0.2, 0) is 16.1 Å². The highest BCUT2D eigenvalue weighted by molar-refractivity contribution is 6.46. The predicted molar refractivity (Wildman–Crippen MR) is 129 cm³/mol. The molecule has 0 bridgehead atoms. The lowest BCUT2D eigenvalue weighted by atomic mass is 9.94. The molecule has 5 rings (SSSR count). The molecule has 1 N–H and O–H groups in total. The van der Waals surface area contributed by atoms with Crippen molar-refractivity contribution in [2.24, 2.45) is 0 Å². The van der Waals surface area contributed by atoms with Gasteiger partial charge in [0.05, 0.1) is 25.8 Å². The summed E-state index contributed by atoms with van der Waals surface area (Å²) in [5, 5.41) is 11.4. The van der Waals surface area contributed by atoms with E-state index < -0.39 is 17.7 Å². The number of methoxy groups -OCH3 is 2. The van der Waals surface area contributed by atoms with Crippen LogP contribution >= 0.6 is 0 Å². The van der Waals surface area contributed by atoms with E-state index in [4.69, 9.17) is 18.9 Å². The molecular formula is C27H24N2O7. The Balaban J connectivity index is 1.67. The van der Waals surface area contributed by atoms with Crippen molar-refractivity contribution in [2.75, 3.05) is 27.4 Å². The summed E-state index contributed by atoms with van der Waals surface area (Å²) in [7, 11) is 3.02. The van der Waals surface area contributed by atoms with Gasteiger partial charge in [-0.15, -0.1) is 0 Å². The zero-order valence-electron chi connectivity index (χ0n) is 19.8. The number of carbonyl (C=O) groups is 2. The Kier molecular flexibility index (Phi) is 6.20. The topological polar surface area (TPSA) is 107 Å². The summed E-state index contributed by atoms with van der Waals surface area (Å²) in [4.78, 5) is 32.2. The van der Waals surface area contributed by atoms with E-state index in [2.05, 4.69) is 4.98 Å². The molecule has 3 heterocycles. The van der Waals surface area contributed by atoms with Crippen LogP contribution in [0.3, 0.4) is 0 Å². The number of amides is 1. The summed E-state index contributed by atoms with van der Waals surface area (Å²) < 4.78 is 22.1. The molecule has 3 aromatic rings. The fraction of sp³-hybridized carbons (Fsp3) is 0.222. The van der Waals surface area contributed by atoms with Gasteiger partial charge in [0, 0.05) is 36.1 Å². The molecule has 0 radical (unpaired) electrons. The van der Waals surface area contributed by atoms with Crippen LogP contribution in [0.15, 0.2) is 66.5 Å². The molecule has 1 fully saturated rings. The number of hydrogen-bond acceptors (Lipinski definition) is 8. The summed E-state index contributed by atoms with van der Waals surface area (Å²) in [6, 6.07) is 12.6. The lowest BCUT2D eigenvalue weighted by Gasteiger charge is -2.27. The molecule has 1 saturated heterocycles. The number of ketones is 1. The molecule has 9 nitrogen and oxygen atoms in total. The van der Waals surface area contributed by atoms with Crippen LogP contribution in [0.2, 0.25) is 0 Å². The third-order valence-corrected chi connectivity index (χ3v) is 6.17. The number of rotatable bonds is 6. The van der Waals surface area contributed by atoms with Crippen molar-refractivity contribution < 1.29 is 33.6 Å². The van der Waals surface area contributed by atoms with Crippen molar-refractivity contribution in [1.82, 2.24) is 9.88 Å². The van der Waals surface area contributed by atoms with Gasteiger partial charge in [0.2, 0.25) is 0 Å². The number of aromatic nitrogens is 1. The minimum Gasteiger partial charge on any atom is -0.507 e. The van der Waals surface area contributed by atoms with Crippen LogP contribution < -0.4 is 18.9 Å². The number of pyridine rings is 1. The molecule has 0 aliphatic carbocycles. The molecule has 0 spiro atoms. The highest BCUT2D eigenvalue weighted by atomic mass is 16.6. The van der Waals surface area contributed by atoms with E-state index in [1.807, 2.05) is 6.07 Å². The van der Waals surface area contributed by atoms with Crippen LogP contribution in [0, 0.1) is 0 Å². The summed E-state index contributed by atoms with van der Waals surface area (Å²) in [5.41, 5.74) is 1.54. The van der Waals surface area contributed by atoms with Crippen LogP contribution in [0.25, 0.3) is 5.76 Å². The van der Waals surface area contributed by atoms with Gasteiger partial charge in [-0.25, -0.2) is 0 Å². The monoisotopic (exact) mass is 488 g/mol. The van der Waals surface area contributed by atoms with Crippen molar-refractivity contribution in [2.45, 2.75) is 12.6 Å². The SMILES string of the molecule is COc1ccc(C2/C(=C(\O)c3ccc4c(c3)OCCO4)C(=O)C(=O)N2Cc2cccnc2)c(OC)c1. The first kappa shape index (κ1) is 23.2. The lowest BCUT2D eigenvalue weighted by Crippen LogP contribution is -2.29. The molecule has 36 heavy (non-hydrogen) atoms. The molecule has 184 valence electrons. The fourth-order valence-electron chi connectivity index (χ4n) is 4.45. The van der Waals surface area contributed by atoms with E-state index in [-0.39, 0.29) is 17.9 Å². The van der Waals surface area contributed by atoms with Crippen molar-refractivity contribution in [3.05, 3.63) is 83.2 Å². The number of ether oxygens (including phenoxy) is 4. The second kappa shape index (κ2) is 9.61. The smallest absolute Gasteiger partial charge is 0.295 e. The quantitative estimate of drug-likeness (QED) is 0.319. The number of nitrogens with zero attached hydrogens (tertiary/aromatic N) is 2. The summed E-state index contributed by atoms with van der Waals surface area (Å²) in [5.74, 6) is 0.102. The number of benzene rings is 2.